The first-order valence-electron chi connectivity index (χ1n) is 5.15. The van der Waals surface area contributed by atoms with Crippen LogP contribution < -0.4 is 0 Å². The van der Waals surface area contributed by atoms with E-state index >= 15 is 0 Å². The second-order valence-electron chi connectivity index (χ2n) is 3.86. The second kappa shape index (κ2) is 6.40. The Balaban J connectivity index is 2.52. The van der Waals surface area contributed by atoms with E-state index in [1.54, 1.807) is 12.1 Å². The van der Waals surface area contributed by atoms with Crippen molar-refractivity contribution in [3.05, 3.63) is 53.0 Å². The van der Waals surface area contributed by atoms with Crippen LogP contribution in [0.1, 0.15) is 20.8 Å². The highest BCUT2D eigenvalue weighted by molar-refractivity contribution is 9.13. The van der Waals surface area contributed by atoms with E-state index in [0.29, 0.717) is 4.47 Å². The molecule has 0 bridgehead atoms. The Morgan fingerprint density at radius 1 is 1.05 bits per heavy atom. The molecule has 2 aromatic rings. The zero-order chi connectivity index (χ0) is 15.1. The van der Waals surface area contributed by atoms with Gasteiger partial charge in [0.25, 0.3) is 0 Å². The van der Waals surface area contributed by atoms with Gasteiger partial charge < -0.3 is 0 Å². The number of benzene rings is 1. The third-order valence-electron chi connectivity index (χ3n) is 2.51. The monoisotopic (exact) mass is 554 g/mol. The van der Waals surface area contributed by atoms with Crippen molar-refractivity contribution in [2.45, 2.75) is 11.0 Å². The van der Waals surface area contributed by atoms with Crippen LogP contribution in [0.3, 0.4) is 0 Å². The standard InChI is InChI=1S/C12H5Br4F3S/c13-5-1-2-6(7(3-5)12(17,18)19)10(15)9-4-8(14)11(16)20-9/h1-4,10H. The molecule has 20 heavy (non-hydrogen) atoms. The van der Waals surface area contributed by atoms with Crippen LogP contribution in [-0.4, -0.2) is 0 Å². The smallest absolute Gasteiger partial charge is 0.166 e. The minimum atomic E-state index is -4.39. The van der Waals surface area contributed by atoms with Crippen molar-refractivity contribution in [3.63, 3.8) is 0 Å². The molecule has 0 aliphatic rings. The lowest BCUT2D eigenvalue weighted by Gasteiger charge is -2.16. The minimum absolute atomic E-state index is 0.196. The fourth-order valence-electron chi connectivity index (χ4n) is 1.64. The van der Waals surface area contributed by atoms with E-state index in [1.807, 2.05) is 0 Å². The summed E-state index contributed by atoms with van der Waals surface area (Å²) in [6, 6.07) is 5.99. The molecular weight excluding hydrogens is 553 g/mol. The van der Waals surface area contributed by atoms with Crippen LogP contribution in [0.5, 0.6) is 0 Å². The van der Waals surface area contributed by atoms with Crippen molar-refractivity contribution in [3.8, 4) is 0 Å². The largest absolute Gasteiger partial charge is 0.416 e. The minimum Gasteiger partial charge on any atom is -0.166 e. The first-order valence-corrected chi connectivity index (χ1v) is 9.26. The zero-order valence-corrected chi connectivity index (χ0v) is 16.6. The van der Waals surface area contributed by atoms with E-state index in [9.17, 15) is 13.2 Å². The van der Waals surface area contributed by atoms with Gasteiger partial charge in [-0.3, -0.25) is 0 Å². The van der Waals surface area contributed by atoms with Gasteiger partial charge in [0.2, 0.25) is 0 Å². The number of rotatable bonds is 2. The predicted octanol–water partition coefficient (Wildman–Crippen LogP) is 7.54. The molecule has 0 aliphatic carbocycles. The van der Waals surface area contributed by atoms with Gasteiger partial charge in [0, 0.05) is 13.8 Å². The number of hydrogen-bond donors (Lipinski definition) is 0. The molecule has 0 N–H and O–H groups in total. The van der Waals surface area contributed by atoms with E-state index < -0.39 is 16.6 Å². The highest BCUT2D eigenvalue weighted by Gasteiger charge is 2.35. The Morgan fingerprint density at radius 2 is 1.70 bits per heavy atom. The highest BCUT2D eigenvalue weighted by atomic mass is 79.9. The Bertz CT molecular complexity index is 617. The molecule has 1 atom stereocenters. The quantitative estimate of drug-likeness (QED) is 0.335. The maximum atomic E-state index is 13.1. The average molecular weight is 558 g/mol. The molecular formula is C12H5Br4F3S. The molecule has 2 rings (SSSR count). The number of hydrogen-bond acceptors (Lipinski definition) is 1. The summed E-state index contributed by atoms with van der Waals surface area (Å²) in [6.45, 7) is 0. The summed E-state index contributed by atoms with van der Waals surface area (Å²) in [5.41, 5.74) is -0.448. The van der Waals surface area contributed by atoms with Gasteiger partial charge in [-0.1, -0.05) is 37.9 Å². The third kappa shape index (κ3) is 3.69. The Labute approximate surface area is 151 Å². The molecule has 8 heteroatoms. The third-order valence-corrected chi connectivity index (χ3v) is 7.61. The highest BCUT2D eigenvalue weighted by Crippen LogP contribution is 2.45. The van der Waals surface area contributed by atoms with E-state index in [2.05, 4.69) is 63.7 Å². The molecule has 1 heterocycles. The molecule has 0 saturated heterocycles. The van der Waals surface area contributed by atoms with Crippen LogP contribution in [0.2, 0.25) is 0 Å². The lowest BCUT2D eigenvalue weighted by molar-refractivity contribution is -0.138. The molecule has 0 nitrogen and oxygen atoms in total. The number of halogens is 7. The van der Waals surface area contributed by atoms with E-state index in [-0.39, 0.29) is 5.56 Å². The maximum Gasteiger partial charge on any atom is 0.416 e. The van der Waals surface area contributed by atoms with Gasteiger partial charge >= 0.3 is 6.18 Å². The van der Waals surface area contributed by atoms with E-state index in [1.165, 1.54) is 17.4 Å². The fraction of sp³-hybridized carbons (Fsp3) is 0.167. The van der Waals surface area contributed by atoms with Crippen molar-refractivity contribution in [2.75, 3.05) is 0 Å². The Hall–Kier alpha value is 0.630. The van der Waals surface area contributed by atoms with Crippen molar-refractivity contribution in [1.29, 1.82) is 0 Å². The van der Waals surface area contributed by atoms with Crippen molar-refractivity contribution >= 4 is 75.1 Å². The molecule has 0 spiro atoms. The summed E-state index contributed by atoms with van der Waals surface area (Å²) in [7, 11) is 0. The van der Waals surface area contributed by atoms with Crippen LogP contribution in [0.25, 0.3) is 0 Å². The van der Waals surface area contributed by atoms with Crippen LogP contribution >= 0.6 is 75.1 Å². The van der Waals surface area contributed by atoms with Gasteiger partial charge in [-0.05, 0) is 55.6 Å². The van der Waals surface area contributed by atoms with Crippen LogP contribution in [0.15, 0.2) is 37.0 Å². The molecule has 0 amide bonds. The van der Waals surface area contributed by atoms with Crippen LogP contribution in [-0.2, 0) is 6.18 Å². The normalized spacial score (nSPS) is 13.6. The topological polar surface area (TPSA) is 0 Å². The molecule has 0 aliphatic heterocycles. The predicted molar refractivity (Wildman–Crippen MR) is 89.6 cm³/mol. The lowest BCUT2D eigenvalue weighted by Crippen LogP contribution is -2.10. The molecule has 1 unspecified atom stereocenters. The van der Waals surface area contributed by atoms with Crippen LogP contribution in [0.4, 0.5) is 13.2 Å². The Morgan fingerprint density at radius 3 is 2.20 bits per heavy atom. The average Bonchev–Trinajstić information content (AvgIpc) is 2.67. The SMILES string of the molecule is FC(F)(F)c1cc(Br)ccc1C(Br)c1cc(Br)c(Br)s1. The summed E-state index contributed by atoms with van der Waals surface area (Å²) in [5, 5.41) is 0. The second-order valence-corrected chi connectivity index (χ2v) is 8.95. The molecule has 0 fully saturated rings. The summed E-state index contributed by atoms with van der Waals surface area (Å²) in [4.78, 5) is 0.274. The van der Waals surface area contributed by atoms with Crippen molar-refractivity contribution in [2.24, 2.45) is 0 Å². The lowest BCUT2D eigenvalue weighted by atomic mass is 10.0. The molecule has 108 valence electrons. The van der Waals surface area contributed by atoms with E-state index in [4.69, 9.17) is 0 Å². The van der Waals surface area contributed by atoms with Gasteiger partial charge in [-0.25, -0.2) is 0 Å². The summed E-state index contributed by atoms with van der Waals surface area (Å²) < 4.78 is 41.5. The fourth-order valence-corrected chi connectivity index (χ4v) is 4.90. The number of alkyl halides is 4. The summed E-state index contributed by atoms with van der Waals surface area (Å²) in [5.74, 6) is 0. The number of thiophene rings is 1. The van der Waals surface area contributed by atoms with Gasteiger partial charge in [0.05, 0.1) is 14.2 Å². The zero-order valence-electron chi connectivity index (χ0n) is 9.44. The summed E-state index contributed by atoms with van der Waals surface area (Å²) in [6.07, 6.45) is -4.39. The maximum absolute atomic E-state index is 13.1. The van der Waals surface area contributed by atoms with Gasteiger partial charge in [-0.2, -0.15) is 13.2 Å². The van der Waals surface area contributed by atoms with Crippen molar-refractivity contribution in [1.82, 2.24) is 0 Å². The van der Waals surface area contributed by atoms with Crippen molar-refractivity contribution < 1.29 is 13.2 Å². The van der Waals surface area contributed by atoms with Crippen LogP contribution in [0, 0.1) is 0 Å². The first-order chi connectivity index (χ1) is 9.20. The molecule has 1 aromatic heterocycles. The van der Waals surface area contributed by atoms with Gasteiger partial charge in [0.15, 0.2) is 0 Å². The Kier molecular flexibility index (Phi) is 5.44. The summed E-state index contributed by atoms with van der Waals surface area (Å²) >= 11 is 14.5. The molecule has 0 radical (unpaired) electrons. The molecule has 1 aromatic carbocycles. The molecule has 0 saturated carbocycles. The van der Waals surface area contributed by atoms with E-state index in [0.717, 1.165) is 19.2 Å². The van der Waals surface area contributed by atoms with Gasteiger partial charge in [0.1, 0.15) is 0 Å². The van der Waals surface area contributed by atoms with Gasteiger partial charge in [-0.15, -0.1) is 11.3 Å². The first kappa shape index (κ1) is 17.0.